The van der Waals surface area contributed by atoms with E-state index in [4.69, 9.17) is 11.6 Å². The summed E-state index contributed by atoms with van der Waals surface area (Å²) in [6.07, 6.45) is 0. The highest BCUT2D eigenvalue weighted by Crippen LogP contribution is 2.28. The summed E-state index contributed by atoms with van der Waals surface area (Å²) >= 11 is 7.25. The molecular formula is C17H15ClN4OS. The number of nitrogens with one attached hydrogen (secondary N) is 2. The quantitative estimate of drug-likeness (QED) is 0.690. The van der Waals surface area contributed by atoms with Crippen molar-refractivity contribution >= 4 is 39.8 Å². The Bertz CT molecular complexity index is 837. The van der Waals surface area contributed by atoms with E-state index >= 15 is 0 Å². The molecule has 2 amide bonds. The van der Waals surface area contributed by atoms with Gasteiger partial charge in [0.15, 0.2) is 0 Å². The van der Waals surface area contributed by atoms with Crippen molar-refractivity contribution in [2.75, 3.05) is 10.6 Å². The summed E-state index contributed by atoms with van der Waals surface area (Å²) in [6, 6.07) is 16.6. The van der Waals surface area contributed by atoms with Crippen LogP contribution in [-0.2, 0) is 0 Å². The van der Waals surface area contributed by atoms with Crippen LogP contribution in [0.4, 0.5) is 15.6 Å². The molecule has 0 bridgehead atoms. The highest BCUT2D eigenvalue weighted by Gasteiger charge is 2.15. The van der Waals surface area contributed by atoms with Crippen molar-refractivity contribution in [2.45, 2.75) is 12.8 Å². The molecule has 1 atom stereocenters. The van der Waals surface area contributed by atoms with Crippen LogP contribution in [0.15, 0.2) is 54.6 Å². The lowest BCUT2D eigenvalue weighted by molar-refractivity contribution is 0.262. The van der Waals surface area contributed by atoms with Crippen LogP contribution < -0.4 is 10.6 Å². The number of aromatic nitrogens is 2. The summed E-state index contributed by atoms with van der Waals surface area (Å²) in [4.78, 5) is 12.0. The predicted molar refractivity (Wildman–Crippen MR) is 98.0 cm³/mol. The highest BCUT2D eigenvalue weighted by atomic mass is 35.5. The van der Waals surface area contributed by atoms with Crippen LogP contribution in [0.3, 0.4) is 0 Å². The van der Waals surface area contributed by atoms with Crippen LogP contribution in [0, 0.1) is 0 Å². The number of halogens is 1. The number of hydrogen-bond acceptors (Lipinski definition) is 4. The molecule has 122 valence electrons. The largest absolute Gasteiger partial charge is 0.325 e. The SMILES string of the molecule is CC(c1ccccc1)c1nnc(NC(=O)Nc2cccc(Cl)c2)s1. The number of rotatable bonds is 4. The number of urea groups is 1. The van der Waals surface area contributed by atoms with Gasteiger partial charge in [0.25, 0.3) is 0 Å². The average molecular weight is 359 g/mol. The third-order valence-electron chi connectivity index (χ3n) is 3.41. The highest BCUT2D eigenvalue weighted by molar-refractivity contribution is 7.15. The Morgan fingerprint density at radius 3 is 2.62 bits per heavy atom. The van der Waals surface area contributed by atoms with E-state index in [9.17, 15) is 4.79 Å². The Hall–Kier alpha value is -2.44. The third kappa shape index (κ3) is 4.10. The second-order valence-corrected chi connectivity index (χ2v) is 6.61. The lowest BCUT2D eigenvalue weighted by Crippen LogP contribution is -2.19. The molecule has 0 saturated heterocycles. The molecule has 5 nitrogen and oxygen atoms in total. The van der Waals surface area contributed by atoms with Crippen LogP contribution in [0.1, 0.15) is 23.4 Å². The standard InChI is InChI=1S/C17H15ClN4OS/c1-11(12-6-3-2-4-7-12)15-21-22-17(24-15)20-16(23)19-14-9-5-8-13(18)10-14/h2-11H,1H3,(H2,19,20,22,23). The third-order valence-corrected chi connectivity index (χ3v) is 4.67. The fraction of sp³-hybridized carbons (Fsp3) is 0.118. The first-order valence-corrected chi connectivity index (χ1v) is 8.53. The number of benzene rings is 2. The number of carbonyl (C=O) groups is 1. The van der Waals surface area contributed by atoms with Crippen LogP contribution in [0.2, 0.25) is 5.02 Å². The summed E-state index contributed by atoms with van der Waals surface area (Å²) < 4.78 is 0. The molecule has 7 heteroatoms. The van der Waals surface area contributed by atoms with E-state index in [1.54, 1.807) is 24.3 Å². The van der Waals surface area contributed by atoms with Gasteiger partial charge in [-0.15, -0.1) is 10.2 Å². The van der Waals surface area contributed by atoms with E-state index in [0.29, 0.717) is 15.8 Å². The number of anilines is 2. The molecule has 1 heterocycles. The molecule has 24 heavy (non-hydrogen) atoms. The second kappa shape index (κ2) is 7.42. The van der Waals surface area contributed by atoms with Crippen LogP contribution in [0.5, 0.6) is 0 Å². The summed E-state index contributed by atoms with van der Waals surface area (Å²) in [5.41, 5.74) is 1.77. The van der Waals surface area contributed by atoms with Crippen molar-refractivity contribution in [3.63, 3.8) is 0 Å². The van der Waals surface area contributed by atoms with E-state index in [2.05, 4.69) is 27.8 Å². The van der Waals surface area contributed by atoms with Gasteiger partial charge in [-0.2, -0.15) is 0 Å². The molecule has 0 aliphatic heterocycles. The van der Waals surface area contributed by atoms with Crippen molar-refractivity contribution in [1.29, 1.82) is 0 Å². The molecule has 3 rings (SSSR count). The zero-order valence-electron chi connectivity index (χ0n) is 12.9. The first-order valence-electron chi connectivity index (χ1n) is 7.34. The number of nitrogens with zero attached hydrogens (tertiary/aromatic N) is 2. The maximum atomic E-state index is 12.0. The molecule has 2 aromatic carbocycles. The average Bonchev–Trinajstić information content (AvgIpc) is 3.03. The summed E-state index contributed by atoms with van der Waals surface area (Å²) in [6.45, 7) is 2.06. The van der Waals surface area contributed by atoms with Gasteiger partial charge in [-0.3, -0.25) is 5.32 Å². The van der Waals surface area contributed by atoms with Crippen molar-refractivity contribution in [1.82, 2.24) is 10.2 Å². The van der Waals surface area contributed by atoms with E-state index in [-0.39, 0.29) is 11.9 Å². The normalized spacial score (nSPS) is 11.8. The zero-order valence-corrected chi connectivity index (χ0v) is 14.4. The van der Waals surface area contributed by atoms with Gasteiger partial charge in [0.2, 0.25) is 5.13 Å². The van der Waals surface area contributed by atoms with E-state index in [0.717, 1.165) is 10.6 Å². The van der Waals surface area contributed by atoms with Crippen molar-refractivity contribution < 1.29 is 4.79 Å². The molecule has 0 aliphatic carbocycles. The van der Waals surface area contributed by atoms with Gasteiger partial charge in [-0.1, -0.05) is 66.3 Å². The molecule has 0 fully saturated rings. The maximum Gasteiger partial charge on any atom is 0.325 e. The molecule has 0 saturated carbocycles. The van der Waals surface area contributed by atoms with Gasteiger partial charge in [0.1, 0.15) is 5.01 Å². The lowest BCUT2D eigenvalue weighted by Gasteiger charge is -2.07. The summed E-state index contributed by atoms with van der Waals surface area (Å²) in [7, 11) is 0. The molecule has 0 spiro atoms. The first-order chi connectivity index (χ1) is 11.6. The molecular weight excluding hydrogens is 344 g/mol. The fourth-order valence-corrected chi connectivity index (χ4v) is 3.18. The number of amides is 2. The van der Waals surface area contributed by atoms with Gasteiger partial charge in [0.05, 0.1) is 0 Å². The topological polar surface area (TPSA) is 66.9 Å². The molecule has 1 unspecified atom stereocenters. The minimum Gasteiger partial charge on any atom is -0.308 e. The zero-order chi connectivity index (χ0) is 16.9. The smallest absolute Gasteiger partial charge is 0.308 e. The molecule has 3 aromatic rings. The Morgan fingerprint density at radius 1 is 1.08 bits per heavy atom. The van der Waals surface area contributed by atoms with Crippen molar-refractivity contribution in [3.8, 4) is 0 Å². The number of hydrogen-bond donors (Lipinski definition) is 2. The monoisotopic (exact) mass is 358 g/mol. The molecule has 2 N–H and O–H groups in total. The van der Waals surface area contributed by atoms with Gasteiger partial charge < -0.3 is 5.32 Å². The first kappa shape index (κ1) is 16.4. The van der Waals surface area contributed by atoms with Gasteiger partial charge in [-0.05, 0) is 23.8 Å². The Morgan fingerprint density at radius 2 is 1.88 bits per heavy atom. The van der Waals surface area contributed by atoms with Crippen LogP contribution in [0.25, 0.3) is 0 Å². The second-order valence-electron chi connectivity index (χ2n) is 5.17. The van der Waals surface area contributed by atoms with Gasteiger partial charge >= 0.3 is 6.03 Å². The van der Waals surface area contributed by atoms with Crippen molar-refractivity contribution in [2.24, 2.45) is 0 Å². The Balaban J connectivity index is 1.64. The Labute approximate surface area is 148 Å². The Kier molecular flexibility index (Phi) is 5.08. The number of carbonyl (C=O) groups excluding carboxylic acids is 1. The van der Waals surface area contributed by atoms with Crippen molar-refractivity contribution in [3.05, 3.63) is 70.2 Å². The molecule has 0 aliphatic rings. The van der Waals surface area contributed by atoms with E-state index in [1.165, 1.54) is 11.3 Å². The summed E-state index contributed by atoms with van der Waals surface area (Å²) in [5.74, 6) is 0.121. The summed E-state index contributed by atoms with van der Waals surface area (Å²) in [5, 5.41) is 15.5. The molecule has 1 aromatic heterocycles. The van der Waals surface area contributed by atoms with Gasteiger partial charge in [0, 0.05) is 16.6 Å². The van der Waals surface area contributed by atoms with Crippen LogP contribution in [-0.4, -0.2) is 16.2 Å². The van der Waals surface area contributed by atoms with Crippen LogP contribution >= 0.6 is 22.9 Å². The maximum absolute atomic E-state index is 12.0. The van der Waals surface area contributed by atoms with E-state index < -0.39 is 0 Å². The minimum absolute atomic E-state index is 0.121. The van der Waals surface area contributed by atoms with Gasteiger partial charge in [-0.25, -0.2) is 4.79 Å². The minimum atomic E-state index is -0.382. The lowest BCUT2D eigenvalue weighted by atomic mass is 10.0. The molecule has 0 radical (unpaired) electrons. The fourth-order valence-electron chi connectivity index (χ4n) is 2.17. The van der Waals surface area contributed by atoms with E-state index in [1.807, 2.05) is 30.3 Å². The predicted octanol–water partition coefficient (Wildman–Crippen LogP) is 4.99.